The number of halogens is 1. The molecule has 3 N–H and O–H groups in total. The van der Waals surface area contributed by atoms with Crippen LogP contribution < -0.4 is 10.5 Å². The number of amides is 2. The highest BCUT2D eigenvalue weighted by Crippen LogP contribution is 2.36. The number of nitrogens with zero attached hydrogens (tertiary/aromatic N) is 1. The summed E-state index contributed by atoms with van der Waals surface area (Å²) in [6.07, 6.45) is 0. The standard InChI is InChI=1S/C20H21FN2O5/c21-15-6-7-16(20(26,19(22)25)14-4-2-1-3-5-14)17(12-15)28-13-18(24)23-8-10-27-11-9-23/h1-7,12,26H,8-11,13H2,(H2,22,25). The molecule has 3 rings (SSSR count). The lowest BCUT2D eigenvalue weighted by Crippen LogP contribution is -2.44. The van der Waals surface area contributed by atoms with Crippen molar-refractivity contribution in [3.63, 3.8) is 0 Å². The van der Waals surface area contributed by atoms with Gasteiger partial charge in [0.1, 0.15) is 11.6 Å². The highest BCUT2D eigenvalue weighted by molar-refractivity contribution is 5.89. The van der Waals surface area contributed by atoms with Gasteiger partial charge in [0.2, 0.25) is 0 Å². The highest BCUT2D eigenvalue weighted by Gasteiger charge is 2.41. The highest BCUT2D eigenvalue weighted by atomic mass is 19.1. The Balaban J connectivity index is 1.91. The maximum absolute atomic E-state index is 13.8. The van der Waals surface area contributed by atoms with Crippen molar-refractivity contribution in [3.8, 4) is 5.75 Å². The van der Waals surface area contributed by atoms with Crippen molar-refractivity contribution in [2.45, 2.75) is 5.60 Å². The number of nitrogens with two attached hydrogens (primary N) is 1. The van der Waals surface area contributed by atoms with Crippen molar-refractivity contribution in [2.75, 3.05) is 32.9 Å². The molecule has 7 nitrogen and oxygen atoms in total. The van der Waals surface area contributed by atoms with Crippen LogP contribution in [0, 0.1) is 5.82 Å². The van der Waals surface area contributed by atoms with Gasteiger partial charge in [-0.05, 0) is 17.7 Å². The van der Waals surface area contributed by atoms with Gasteiger partial charge >= 0.3 is 0 Å². The first-order valence-corrected chi connectivity index (χ1v) is 8.79. The second kappa shape index (κ2) is 8.37. The molecule has 1 unspecified atom stereocenters. The Labute approximate surface area is 161 Å². The molecule has 1 saturated heterocycles. The molecule has 1 heterocycles. The van der Waals surface area contributed by atoms with E-state index in [-0.39, 0.29) is 29.4 Å². The molecule has 0 radical (unpaired) electrons. The zero-order chi connectivity index (χ0) is 20.1. The summed E-state index contributed by atoms with van der Waals surface area (Å²) in [6.45, 7) is 1.37. The van der Waals surface area contributed by atoms with Gasteiger partial charge in [-0.25, -0.2) is 4.39 Å². The van der Waals surface area contributed by atoms with Gasteiger partial charge in [-0.3, -0.25) is 9.59 Å². The number of morpholine rings is 1. The number of rotatable bonds is 6. The van der Waals surface area contributed by atoms with E-state index in [4.69, 9.17) is 15.2 Å². The summed E-state index contributed by atoms with van der Waals surface area (Å²) in [5, 5.41) is 11.1. The molecule has 8 heteroatoms. The van der Waals surface area contributed by atoms with Gasteiger partial charge in [0.15, 0.2) is 12.2 Å². The first-order chi connectivity index (χ1) is 13.4. The Kier molecular flexibility index (Phi) is 5.91. The summed E-state index contributed by atoms with van der Waals surface area (Å²) in [7, 11) is 0. The fourth-order valence-electron chi connectivity index (χ4n) is 3.07. The van der Waals surface area contributed by atoms with E-state index in [9.17, 15) is 19.1 Å². The minimum Gasteiger partial charge on any atom is -0.483 e. The van der Waals surface area contributed by atoms with Crippen LogP contribution in [-0.2, 0) is 19.9 Å². The van der Waals surface area contributed by atoms with Crippen LogP contribution >= 0.6 is 0 Å². The Morgan fingerprint density at radius 2 is 1.86 bits per heavy atom. The topological polar surface area (TPSA) is 102 Å². The van der Waals surface area contributed by atoms with Crippen molar-refractivity contribution in [1.29, 1.82) is 0 Å². The van der Waals surface area contributed by atoms with Gasteiger partial charge in [0, 0.05) is 24.7 Å². The number of primary amides is 1. The fourth-order valence-corrected chi connectivity index (χ4v) is 3.07. The van der Waals surface area contributed by atoms with E-state index in [2.05, 4.69) is 0 Å². The van der Waals surface area contributed by atoms with E-state index < -0.39 is 17.3 Å². The number of hydrogen-bond donors (Lipinski definition) is 2. The number of aliphatic hydroxyl groups is 1. The van der Waals surface area contributed by atoms with Crippen LogP contribution in [0.4, 0.5) is 4.39 Å². The number of carbonyl (C=O) groups excluding carboxylic acids is 2. The molecule has 0 spiro atoms. The van der Waals surface area contributed by atoms with Crippen LogP contribution in [0.3, 0.4) is 0 Å². The predicted molar refractivity (Wildman–Crippen MR) is 97.9 cm³/mol. The molecular formula is C20H21FN2O5. The minimum absolute atomic E-state index is 0.0395. The SMILES string of the molecule is NC(=O)C(O)(c1ccccc1)c1ccc(F)cc1OCC(=O)N1CCOCC1. The second-order valence-corrected chi connectivity index (χ2v) is 6.36. The average molecular weight is 388 g/mol. The van der Waals surface area contributed by atoms with Crippen molar-refractivity contribution >= 4 is 11.8 Å². The van der Waals surface area contributed by atoms with Gasteiger partial charge < -0.3 is 25.2 Å². The lowest BCUT2D eigenvalue weighted by atomic mass is 9.85. The summed E-state index contributed by atoms with van der Waals surface area (Å²) < 4.78 is 24.5. The lowest BCUT2D eigenvalue weighted by molar-refractivity contribution is -0.137. The Morgan fingerprint density at radius 1 is 1.18 bits per heavy atom. The molecule has 1 atom stereocenters. The van der Waals surface area contributed by atoms with Gasteiger partial charge in [-0.2, -0.15) is 0 Å². The van der Waals surface area contributed by atoms with Crippen LogP contribution in [0.5, 0.6) is 5.75 Å². The predicted octanol–water partition coefficient (Wildman–Crippen LogP) is 0.784. The molecule has 1 fully saturated rings. The van der Waals surface area contributed by atoms with Crippen LogP contribution in [0.25, 0.3) is 0 Å². The third-order valence-corrected chi connectivity index (χ3v) is 4.60. The largest absolute Gasteiger partial charge is 0.483 e. The Bertz CT molecular complexity index is 855. The average Bonchev–Trinajstić information content (AvgIpc) is 2.72. The van der Waals surface area contributed by atoms with Crippen LogP contribution in [-0.4, -0.2) is 54.7 Å². The number of ether oxygens (including phenoxy) is 2. The monoisotopic (exact) mass is 388 g/mol. The van der Waals surface area contributed by atoms with Crippen LogP contribution in [0.15, 0.2) is 48.5 Å². The molecule has 148 valence electrons. The molecule has 2 amide bonds. The van der Waals surface area contributed by atoms with Gasteiger partial charge in [0.25, 0.3) is 11.8 Å². The molecule has 0 aromatic heterocycles. The van der Waals surface area contributed by atoms with Gasteiger partial charge in [-0.15, -0.1) is 0 Å². The molecule has 2 aromatic carbocycles. The number of benzene rings is 2. The quantitative estimate of drug-likeness (QED) is 0.762. The van der Waals surface area contributed by atoms with E-state index in [0.717, 1.165) is 12.1 Å². The third kappa shape index (κ3) is 3.97. The van der Waals surface area contributed by atoms with E-state index in [0.29, 0.717) is 26.3 Å². The third-order valence-electron chi connectivity index (χ3n) is 4.60. The van der Waals surface area contributed by atoms with Crippen molar-refractivity contribution in [1.82, 2.24) is 4.90 Å². The second-order valence-electron chi connectivity index (χ2n) is 6.36. The summed E-state index contributed by atoms with van der Waals surface area (Å²) in [6, 6.07) is 11.4. The van der Waals surface area contributed by atoms with Crippen molar-refractivity contribution in [2.24, 2.45) is 5.73 Å². The summed E-state index contributed by atoms with van der Waals surface area (Å²) in [4.78, 5) is 26.1. The van der Waals surface area contributed by atoms with Crippen molar-refractivity contribution < 1.29 is 28.6 Å². The summed E-state index contributed by atoms with van der Waals surface area (Å²) >= 11 is 0. The summed E-state index contributed by atoms with van der Waals surface area (Å²) in [5.74, 6) is -2.13. The molecule has 1 aliphatic heterocycles. The number of carbonyl (C=O) groups is 2. The van der Waals surface area contributed by atoms with E-state index in [1.165, 1.54) is 18.2 Å². The molecule has 0 bridgehead atoms. The molecule has 0 saturated carbocycles. The van der Waals surface area contributed by atoms with E-state index >= 15 is 0 Å². The normalized spacial score (nSPS) is 16.3. The van der Waals surface area contributed by atoms with Gasteiger partial charge in [-0.1, -0.05) is 30.3 Å². The molecule has 28 heavy (non-hydrogen) atoms. The lowest BCUT2D eigenvalue weighted by Gasteiger charge is -2.29. The maximum atomic E-state index is 13.8. The van der Waals surface area contributed by atoms with Gasteiger partial charge in [0.05, 0.1) is 13.2 Å². The van der Waals surface area contributed by atoms with Crippen molar-refractivity contribution in [3.05, 3.63) is 65.5 Å². The molecule has 2 aromatic rings. The van der Waals surface area contributed by atoms with Crippen LogP contribution in [0.1, 0.15) is 11.1 Å². The maximum Gasteiger partial charge on any atom is 0.260 e. The Hall–Kier alpha value is -2.97. The first-order valence-electron chi connectivity index (χ1n) is 8.79. The zero-order valence-electron chi connectivity index (χ0n) is 15.1. The number of hydrogen-bond acceptors (Lipinski definition) is 5. The van der Waals surface area contributed by atoms with E-state index in [1.54, 1.807) is 23.1 Å². The Morgan fingerprint density at radius 3 is 2.50 bits per heavy atom. The summed E-state index contributed by atoms with van der Waals surface area (Å²) in [5.41, 5.74) is 3.41. The van der Waals surface area contributed by atoms with E-state index in [1.807, 2.05) is 0 Å². The van der Waals surface area contributed by atoms with Crippen LogP contribution in [0.2, 0.25) is 0 Å². The molecular weight excluding hydrogens is 367 g/mol. The molecule has 1 aliphatic rings. The smallest absolute Gasteiger partial charge is 0.260 e. The first kappa shape index (κ1) is 19.8. The fraction of sp³-hybridized carbons (Fsp3) is 0.300. The zero-order valence-corrected chi connectivity index (χ0v) is 15.1. The molecule has 0 aliphatic carbocycles. The minimum atomic E-state index is -2.24.